The van der Waals surface area contributed by atoms with Gasteiger partial charge in [-0.15, -0.1) is 0 Å². The van der Waals surface area contributed by atoms with Crippen LogP contribution in [0.2, 0.25) is 0 Å². The van der Waals surface area contributed by atoms with Crippen molar-refractivity contribution < 1.29 is 23.6 Å². The van der Waals surface area contributed by atoms with Crippen molar-refractivity contribution in [1.29, 1.82) is 0 Å². The third kappa shape index (κ3) is 5.08. The van der Waals surface area contributed by atoms with Crippen LogP contribution in [0.3, 0.4) is 0 Å². The van der Waals surface area contributed by atoms with Gasteiger partial charge in [-0.1, -0.05) is 24.3 Å². The molecule has 1 atom stereocenters. The van der Waals surface area contributed by atoms with Crippen molar-refractivity contribution in [2.24, 2.45) is 0 Å². The van der Waals surface area contributed by atoms with Crippen LogP contribution in [0.15, 0.2) is 42.5 Å². The smallest absolute Gasteiger partial charge is 0.313 e. The Morgan fingerprint density at radius 1 is 1.22 bits per heavy atom. The van der Waals surface area contributed by atoms with E-state index in [1.54, 1.807) is 0 Å². The Kier molecular flexibility index (Phi) is 6.56. The number of ether oxygens (including phenoxy) is 1. The van der Waals surface area contributed by atoms with E-state index in [9.17, 15) is 24.1 Å². The maximum absolute atomic E-state index is 13.3. The topological polar surface area (TPSA) is 111 Å². The average molecular weight is 375 g/mol. The lowest BCUT2D eigenvalue weighted by Crippen LogP contribution is -2.38. The normalized spacial score (nSPS) is 11.5. The molecule has 0 spiro atoms. The second-order valence-electron chi connectivity index (χ2n) is 5.67. The number of carbonyl (C=O) groups excluding carboxylic acids is 2. The molecule has 142 valence electrons. The lowest BCUT2D eigenvalue weighted by atomic mass is 10.0. The predicted molar refractivity (Wildman–Crippen MR) is 95.6 cm³/mol. The quantitative estimate of drug-likeness (QED) is 0.458. The molecule has 0 radical (unpaired) electrons. The number of carbonyl (C=O) groups is 2. The third-order valence-corrected chi connectivity index (χ3v) is 3.87. The number of rotatable bonds is 6. The van der Waals surface area contributed by atoms with Crippen molar-refractivity contribution in [2.75, 3.05) is 19.0 Å². The zero-order valence-corrected chi connectivity index (χ0v) is 14.7. The summed E-state index contributed by atoms with van der Waals surface area (Å²) >= 11 is 0. The molecule has 0 bridgehead atoms. The Balaban J connectivity index is 1.99. The molecule has 2 rings (SSSR count). The second-order valence-corrected chi connectivity index (χ2v) is 5.67. The first-order valence-electron chi connectivity index (χ1n) is 7.95. The number of hydrogen-bond acceptors (Lipinski definition) is 5. The number of benzene rings is 2. The highest BCUT2D eigenvalue weighted by molar-refractivity contribution is 6.39. The Labute approximate surface area is 154 Å². The van der Waals surface area contributed by atoms with Crippen LogP contribution >= 0.6 is 0 Å². The molecule has 2 aromatic carbocycles. The molecule has 0 saturated heterocycles. The number of nitrogens with zero attached hydrogens (tertiary/aromatic N) is 1. The lowest BCUT2D eigenvalue weighted by molar-refractivity contribution is -0.387. The third-order valence-electron chi connectivity index (χ3n) is 3.87. The first-order valence-corrected chi connectivity index (χ1v) is 7.95. The number of nitrogens with one attached hydrogen (secondary N) is 2. The Morgan fingerprint density at radius 3 is 2.56 bits per heavy atom. The number of methoxy groups -OCH3 is 1. The number of aryl methyl sites for hydroxylation is 1. The predicted octanol–water partition coefficient (Wildman–Crippen LogP) is 2.48. The molecule has 2 amide bonds. The van der Waals surface area contributed by atoms with E-state index in [-0.39, 0.29) is 12.2 Å². The molecule has 0 fully saturated rings. The van der Waals surface area contributed by atoms with Crippen LogP contribution in [-0.4, -0.2) is 30.4 Å². The SMILES string of the molecule is COC(CNC(=O)C(=O)Nc1ccc(F)c([N+](=O)[O-])c1)c1ccccc1C. The van der Waals surface area contributed by atoms with Gasteiger partial charge in [-0.05, 0) is 30.2 Å². The molecule has 8 nitrogen and oxygen atoms in total. The van der Waals surface area contributed by atoms with Crippen LogP contribution in [-0.2, 0) is 14.3 Å². The monoisotopic (exact) mass is 375 g/mol. The maximum Gasteiger partial charge on any atom is 0.313 e. The Hall–Kier alpha value is -3.33. The summed E-state index contributed by atoms with van der Waals surface area (Å²) in [5.74, 6) is -3.02. The molecule has 1 unspecified atom stereocenters. The van der Waals surface area contributed by atoms with E-state index in [4.69, 9.17) is 4.74 Å². The number of hydrogen-bond donors (Lipinski definition) is 2. The van der Waals surface area contributed by atoms with E-state index < -0.39 is 34.3 Å². The number of halogens is 1. The summed E-state index contributed by atoms with van der Waals surface area (Å²) in [6.45, 7) is 1.95. The summed E-state index contributed by atoms with van der Waals surface area (Å²) < 4.78 is 18.7. The van der Waals surface area contributed by atoms with Gasteiger partial charge in [-0.25, -0.2) is 0 Å². The van der Waals surface area contributed by atoms with Gasteiger partial charge in [0.05, 0.1) is 11.0 Å². The minimum atomic E-state index is -1.04. The molecule has 9 heteroatoms. The minimum Gasteiger partial charge on any atom is -0.375 e. The molecule has 0 heterocycles. The maximum atomic E-state index is 13.3. The summed E-state index contributed by atoms with van der Waals surface area (Å²) in [5.41, 5.74) is 0.981. The molecule has 2 aromatic rings. The summed E-state index contributed by atoms with van der Waals surface area (Å²) in [5, 5.41) is 15.4. The van der Waals surface area contributed by atoms with Crippen molar-refractivity contribution in [3.63, 3.8) is 0 Å². The van der Waals surface area contributed by atoms with Crippen LogP contribution in [0, 0.1) is 22.9 Å². The molecule has 0 aromatic heterocycles. The van der Waals surface area contributed by atoms with E-state index in [1.807, 2.05) is 31.2 Å². The summed E-state index contributed by atoms with van der Waals surface area (Å²) in [6, 6.07) is 10.3. The Bertz CT molecular complexity index is 872. The van der Waals surface area contributed by atoms with Gasteiger partial charge in [0.15, 0.2) is 0 Å². The van der Waals surface area contributed by atoms with Crippen LogP contribution < -0.4 is 10.6 Å². The van der Waals surface area contributed by atoms with E-state index >= 15 is 0 Å². The van der Waals surface area contributed by atoms with Gasteiger partial charge < -0.3 is 15.4 Å². The van der Waals surface area contributed by atoms with Crippen LogP contribution in [0.4, 0.5) is 15.8 Å². The number of amides is 2. The van der Waals surface area contributed by atoms with Crippen LogP contribution in [0.25, 0.3) is 0 Å². The van der Waals surface area contributed by atoms with Crippen LogP contribution in [0.5, 0.6) is 0 Å². The highest BCUT2D eigenvalue weighted by Gasteiger charge is 2.20. The fourth-order valence-electron chi connectivity index (χ4n) is 2.45. The zero-order chi connectivity index (χ0) is 20.0. The van der Waals surface area contributed by atoms with Crippen molar-refractivity contribution in [2.45, 2.75) is 13.0 Å². The molecule has 0 aliphatic heterocycles. The van der Waals surface area contributed by atoms with Gasteiger partial charge in [0.1, 0.15) is 0 Å². The zero-order valence-electron chi connectivity index (χ0n) is 14.7. The summed E-state index contributed by atoms with van der Waals surface area (Å²) in [4.78, 5) is 33.7. The van der Waals surface area contributed by atoms with Gasteiger partial charge in [0.25, 0.3) is 0 Å². The van der Waals surface area contributed by atoms with Gasteiger partial charge in [-0.2, -0.15) is 4.39 Å². The molecule has 0 aliphatic carbocycles. The largest absolute Gasteiger partial charge is 0.375 e. The molecule has 2 N–H and O–H groups in total. The van der Waals surface area contributed by atoms with E-state index in [0.717, 1.165) is 29.3 Å². The highest BCUT2D eigenvalue weighted by atomic mass is 19.1. The number of nitro groups is 1. The number of anilines is 1. The fourth-order valence-corrected chi connectivity index (χ4v) is 2.45. The van der Waals surface area contributed by atoms with Crippen LogP contribution in [0.1, 0.15) is 17.2 Å². The molecule has 27 heavy (non-hydrogen) atoms. The summed E-state index contributed by atoms with van der Waals surface area (Å²) in [6.07, 6.45) is -0.449. The van der Waals surface area contributed by atoms with E-state index in [1.165, 1.54) is 7.11 Å². The highest BCUT2D eigenvalue weighted by Crippen LogP contribution is 2.22. The van der Waals surface area contributed by atoms with Gasteiger partial charge >= 0.3 is 17.5 Å². The first-order chi connectivity index (χ1) is 12.8. The van der Waals surface area contributed by atoms with Crippen molar-refractivity contribution in [1.82, 2.24) is 5.32 Å². The fraction of sp³-hybridized carbons (Fsp3) is 0.222. The number of nitro benzene ring substituents is 1. The van der Waals surface area contributed by atoms with Crippen molar-refractivity contribution >= 4 is 23.2 Å². The van der Waals surface area contributed by atoms with Crippen molar-refractivity contribution in [3.05, 3.63) is 69.5 Å². The van der Waals surface area contributed by atoms with Crippen molar-refractivity contribution in [3.8, 4) is 0 Å². The average Bonchev–Trinajstić information content (AvgIpc) is 2.64. The lowest BCUT2D eigenvalue weighted by Gasteiger charge is -2.18. The molecule has 0 saturated carbocycles. The first kappa shape index (κ1) is 20.0. The summed E-state index contributed by atoms with van der Waals surface area (Å²) in [7, 11) is 1.49. The van der Waals surface area contributed by atoms with Gasteiger partial charge in [0, 0.05) is 25.4 Å². The second kappa shape index (κ2) is 8.86. The van der Waals surface area contributed by atoms with E-state index in [0.29, 0.717) is 0 Å². The Morgan fingerprint density at radius 2 is 1.93 bits per heavy atom. The molecular formula is C18H18FN3O5. The molecular weight excluding hydrogens is 357 g/mol. The molecule has 0 aliphatic rings. The van der Waals surface area contributed by atoms with E-state index in [2.05, 4.69) is 10.6 Å². The minimum absolute atomic E-state index is 0.0528. The van der Waals surface area contributed by atoms with Gasteiger partial charge in [-0.3, -0.25) is 19.7 Å². The van der Waals surface area contributed by atoms with Gasteiger partial charge in [0.2, 0.25) is 5.82 Å². The standard InChI is InChI=1S/C18H18FN3O5/c1-11-5-3-4-6-13(11)16(27-2)10-20-17(23)18(24)21-12-7-8-14(19)15(9-12)22(25)26/h3-9,16H,10H2,1-2H3,(H,20,23)(H,21,24).